The number of nitrogens with one attached hydrogen (secondary N) is 1. The SMILES string of the molecule is Cc1ccsc1CN(C)C(=O)N[C@H]1CCCN(c2ncccn2)C1. The Morgan fingerprint density at radius 3 is 2.96 bits per heavy atom. The summed E-state index contributed by atoms with van der Waals surface area (Å²) in [6.07, 6.45) is 5.52. The Morgan fingerprint density at radius 2 is 2.25 bits per heavy atom. The average Bonchev–Trinajstić information content (AvgIpc) is 3.00. The van der Waals surface area contributed by atoms with Gasteiger partial charge < -0.3 is 15.1 Å². The molecule has 0 radical (unpaired) electrons. The summed E-state index contributed by atoms with van der Waals surface area (Å²) in [6.45, 7) is 4.41. The summed E-state index contributed by atoms with van der Waals surface area (Å²) in [5.74, 6) is 0.735. The number of hydrogen-bond donors (Lipinski definition) is 1. The van der Waals surface area contributed by atoms with Crippen molar-refractivity contribution in [2.75, 3.05) is 25.0 Å². The standard InChI is InChI=1S/C17H23N5OS/c1-13-6-10-24-15(13)12-21(2)17(23)20-14-5-3-9-22(11-14)16-18-7-4-8-19-16/h4,6-8,10,14H,3,5,9,11-12H2,1-2H3,(H,20,23)/t14-/m0/s1. The molecule has 128 valence electrons. The molecule has 1 saturated heterocycles. The van der Waals surface area contributed by atoms with Crippen molar-refractivity contribution in [2.24, 2.45) is 0 Å². The van der Waals surface area contributed by atoms with Crippen LogP contribution in [-0.2, 0) is 6.54 Å². The molecule has 0 unspecified atom stereocenters. The summed E-state index contributed by atoms with van der Waals surface area (Å²) >= 11 is 1.69. The van der Waals surface area contributed by atoms with Gasteiger partial charge in [0.2, 0.25) is 5.95 Å². The lowest BCUT2D eigenvalue weighted by Gasteiger charge is -2.34. The van der Waals surface area contributed by atoms with E-state index in [0.717, 1.165) is 31.9 Å². The maximum atomic E-state index is 12.5. The number of rotatable bonds is 4. The summed E-state index contributed by atoms with van der Waals surface area (Å²) in [5.41, 5.74) is 1.24. The van der Waals surface area contributed by atoms with Crippen LogP contribution in [0.15, 0.2) is 29.9 Å². The third kappa shape index (κ3) is 4.03. The van der Waals surface area contributed by atoms with Gasteiger partial charge in [-0.2, -0.15) is 0 Å². The Balaban J connectivity index is 1.55. The van der Waals surface area contributed by atoms with E-state index in [9.17, 15) is 4.79 Å². The molecule has 0 saturated carbocycles. The molecule has 6 nitrogen and oxygen atoms in total. The molecule has 2 aromatic rings. The second-order valence-electron chi connectivity index (χ2n) is 6.17. The quantitative estimate of drug-likeness (QED) is 0.925. The fourth-order valence-electron chi connectivity index (χ4n) is 2.87. The number of carbonyl (C=O) groups excluding carboxylic acids is 1. The zero-order valence-corrected chi connectivity index (χ0v) is 14.9. The molecule has 7 heteroatoms. The van der Waals surface area contributed by atoms with Crippen molar-refractivity contribution in [2.45, 2.75) is 32.4 Å². The Kier molecular flexibility index (Phi) is 5.30. The van der Waals surface area contributed by atoms with Crippen molar-refractivity contribution in [3.05, 3.63) is 40.3 Å². The van der Waals surface area contributed by atoms with Gasteiger partial charge >= 0.3 is 6.03 Å². The van der Waals surface area contributed by atoms with Crippen LogP contribution in [0.3, 0.4) is 0 Å². The third-order valence-electron chi connectivity index (χ3n) is 4.28. The van der Waals surface area contributed by atoms with Crippen molar-refractivity contribution in [3.63, 3.8) is 0 Å². The van der Waals surface area contributed by atoms with Crippen LogP contribution >= 0.6 is 11.3 Å². The van der Waals surface area contributed by atoms with Crippen molar-refractivity contribution >= 4 is 23.3 Å². The minimum atomic E-state index is -0.0244. The van der Waals surface area contributed by atoms with Gasteiger partial charge in [-0.15, -0.1) is 11.3 Å². The largest absolute Gasteiger partial charge is 0.339 e. The first kappa shape index (κ1) is 16.7. The highest BCUT2D eigenvalue weighted by atomic mass is 32.1. The van der Waals surface area contributed by atoms with Gasteiger partial charge in [-0.1, -0.05) is 0 Å². The molecular formula is C17H23N5OS. The fourth-order valence-corrected chi connectivity index (χ4v) is 3.83. The molecular weight excluding hydrogens is 322 g/mol. The van der Waals surface area contributed by atoms with Gasteiger partial charge in [-0.05, 0) is 42.8 Å². The first-order chi connectivity index (χ1) is 11.6. The number of nitrogens with zero attached hydrogens (tertiary/aromatic N) is 4. The minimum Gasteiger partial charge on any atom is -0.339 e. The summed E-state index contributed by atoms with van der Waals surface area (Å²) < 4.78 is 0. The van der Waals surface area contributed by atoms with Crippen LogP contribution in [0.2, 0.25) is 0 Å². The predicted octanol–water partition coefficient (Wildman–Crippen LogP) is 2.66. The molecule has 1 atom stereocenters. The van der Waals surface area contributed by atoms with Crippen LogP contribution < -0.4 is 10.2 Å². The second-order valence-corrected chi connectivity index (χ2v) is 7.17. The van der Waals surface area contributed by atoms with Crippen LogP contribution in [-0.4, -0.2) is 47.1 Å². The lowest BCUT2D eigenvalue weighted by atomic mass is 10.1. The van der Waals surface area contributed by atoms with E-state index in [1.54, 1.807) is 28.6 Å². The summed E-state index contributed by atoms with van der Waals surface area (Å²) in [5, 5.41) is 5.21. The van der Waals surface area contributed by atoms with E-state index in [1.807, 2.05) is 13.1 Å². The van der Waals surface area contributed by atoms with Crippen molar-refractivity contribution in [1.82, 2.24) is 20.2 Å². The molecule has 3 heterocycles. The normalized spacial score (nSPS) is 17.6. The molecule has 0 bridgehead atoms. The topological polar surface area (TPSA) is 61.4 Å². The van der Waals surface area contributed by atoms with Gasteiger partial charge in [0.05, 0.1) is 6.54 Å². The number of amides is 2. The Bertz CT molecular complexity index is 675. The van der Waals surface area contributed by atoms with E-state index in [0.29, 0.717) is 6.54 Å². The van der Waals surface area contributed by atoms with Gasteiger partial charge in [0, 0.05) is 43.4 Å². The molecule has 1 aliphatic rings. The number of urea groups is 1. The van der Waals surface area contributed by atoms with Gasteiger partial charge in [0.25, 0.3) is 0 Å². The van der Waals surface area contributed by atoms with E-state index in [2.05, 4.69) is 38.6 Å². The number of carbonyl (C=O) groups is 1. The first-order valence-corrected chi connectivity index (χ1v) is 9.08. The van der Waals surface area contributed by atoms with E-state index < -0.39 is 0 Å². The highest BCUT2D eigenvalue weighted by Crippen LogP contribution is 2.18. The maximum absolute atomic E-state index is 12.5. The van der Waals surface area contributed by atoms with E-state index >= 15 is 0 Å². The lowest BCUT2D eigenvalue weighted by molar-refractivity contribution is 0.201. The zero-order valence-electron chi connectivity index (χ0n) is 14.1. The van der Waals surface area contributed by atoms with Crippen molar-refractivity contribution in [1.29, 1.82) is 0 Å². The van der Waals surface area contributed by atoms with E-state index in [1.165, 1.54) is 10.4 Å². The van der Waals surface area contributed by atoms with Crippen molar-refractivity contribution in [3.8, 4) is 0 Å². The minimum absolute atomic E-state index is 0.0244. The van der Waals surface area contributed by atoms with Gasteiger partial charge in [0.1, 0.15) is 0 Å². The molecule has 0 aromatic carbocycles. The number of anilines is 1. The number of aryl methyl sites for hydroxylation is 1. The van der Waals surface area contributed by atoms with E-state index in [-0.39, 0.29) is 12.1 Å². The van der Waals surface area contributed by atoms with Crippen LogP contribution in [0, 0.1) is 6.92 Å². The second kappa shape index (κ2) is 7.61. The summed E-state index contributed by atoms with van der Waals surface area (Å²) in [4.78, 5) is 26.2. The highest BCUT2D eigenvalue weighted by molar-refractivity contribution is 7.10. The molecule has 0 spiro atoms. The molecule has 24 heavy (non-hydrogen) atoms. The Hall–Kier alpha value is -2.15. The first-order valence-electron chi connectivity index (χ1n) is 8.20. The smallest absolute Gasteiger partial charge is 0.317 e. The van der Waals surface area contributed by atoms with E-state index in [4.69, 9.17) is 0 Å². The number of piperidine rings is 1. The van der Waals surface area contributed by atoms with Crippen molar-refractivity contribution < 1.29 is 4.79 Å². The molecule has 1 fully saturated rings. The molecule has 1 N–H and O–H groups in total. The Labute approximate surface area is 146 Å². The molecule has 3 rings (SSSR count). The summed E-state index contributed by atoms with van der Waals surface area (Å²) in [7, 11) is 1.84. The highest BCUT2D eigenvalue weighted by Gasteiger charge is 2.24. The Morgan fingerprint density at radius 1 is 1.46 bits per heavy atom. The van der Waals surface area contributed by atoms with Gasteiger partial charge in [-0.3, -0.25) is 0 Å². The maximum Gasteiger partial charge on any atom is 0.317 e. The third-order valence-corrected chi connectivity index (χ3v) is 5.29. The number of hydrogen-bond acceptors (Lipinski definition) is 5. The zero-order chi connectivity index (χ0) is 16.9. The van der Waals surface area contributed by atoms with Gasteiger partial charge in [0.15, 0.2) is 0 Å². The average molecular weight is 345 g/mol. The van der Waals surface area contributed by atoms with Crippen LogP contribution in [0.5, 0.6) is 0 Å². The van der Waals surface area contributed by atoms with Crippen LogP contribution in [0.1, 0.15) is 23.3 Å². The number of thiophene rings is 1. The molecule has 0 aliphatic carbocycles. The lowest BCUT2D eigenvalue weighted by Crippen LogP contribution is -2.51. The molecule has 2 amide bonds. The molecule has 1 aliphatic heterocycles. The van der Waals surface area contributed by atoms with Crippen LogP contribution in [0.4, 0.5) is 10.7 Å². The molecule has 2 aromatic heterocycles. The fraction of sp³-hybridized carbons (Fsp3) is 0.471. The monoisotopic (exact) mass is 345 g/mol. The number of aromatic nitrogens is 2. The van der Waals surface area contributed by atoms with Crippen LogP contribution in [0.25, 0.3) is 0 Å². The predicted molar refractivity (Wildman–Crippen MR) is 96.3 cm³/mol. The summed E-state index contributed by atoms with van der Waals surface area (Å²) in [6, 6.07) is 4.00. The van der Waals surface area contributed by atoms with Gasteiger partial charge in [-0.25, -0.2) is 14.8 Å².